The lowest BCUT2D eigenvalue weighted by Crippen LogP contribution is -2.30. The first-order chi connectivity index (χ1) is 16.7. The number of carbonyl (C=O) groups excluding carboxylic acids is 1. The smallest absolute Gasteiger partial charge is 0.303 e. The molecule has 0 bridgehead atoms. The molecule has 0 spiro atoms. The van der Waals surface area contributed by atoms with E-state index in [9.17, 15) is 14.7 Å². The van der Waals surface area contributed by atoms with Gasteiger partial charge < -0.3 is 10.4 Å². The van der Waals surface area contributed by atoms with Crippen molar-refractivity contribution in [3.05, 3.63) is 106 Å². The molecule has 0 saturated heterocycles. The van der Waals surface area contributed by atoms with Gasteiger partial charge >= 0.3 is 5.97 Å². The summed E-state index contributed by atoms with van der Waals surface area (Å²) in [6, 6.07) is 21.9. The highest BCUT2D eigenvalue weighted by molar-refractivity contribution is 5.97. The van der Waals surface area contributed by atoms with Crippen molar-refractivity contribution in [1.29, 1.82) is 0 Å². The van der Waals surface area contributed by atoms with Crippen LogP contribution in [0.1, 0.15) is 76.5 Å². The van der Waals surface area contributed by atoms with E-state index in [2.05, 4.69) is 51.2 Å². The number of carbonyl (C=O) groups is 2. The molecule has 0 heterocycles. The molecule has 0 radical (unpaired) electrons. The lowest BCUT2D eigenvalue weighted by molar-refractivity contribution is -0.136. The highest BCUT2D eigenvalue weighted by Crippen LogP contribution is 2.25. The summed E-state index contributed by atoms with van der Waals surface area (Å²) in [5.41, 5.74) is 6.66. The van der Waals surface area contributed by atoms with Gasteiger partial charge in [-0.1, -0.05) is 97.8 Å². The van der Waals surface area contributed by atoms with Crippen molar-refractivity contribution < 1.29 is 14.7 Å². The molecule has 3 rings (SSSR count). The molecule has 1 unspecified atom stereocenters. The number of benzene rings is 3. The van der Waals surface area contributed by atoms with Crippen LogP contribution >= 0.6 is 0 Å². The Balaban J connectivity index is 1.93. The van der Waals surface area contributed by atoms with Crippen molar-refractivity contribution in [2.75, 3.05) is 0 Å². The SMILES string of the molecule is Cc1cc(C)cc(C(CC(C)C)NC(=O)c2cc(/C=C/c3ccccc3)ccc2CCC(=O)O)c1. The number of hydrogen-bond acceptors (Lipinski definition) is 2. The van der Waals surface area contributed by atoms with Gasteiger partial charge in [0.05, 0.1) is 6.04 Å². The third-order valence-electron chi connectivity index (χ3n) is 5.91. The molecule has 3 aromatic carbocycles. The average Bonchev–Trinajstić information content (AvgIpc) is 2.81. The van der Waals surface area contributed by atoms with E-state index in [1.54, 1.807) is 0 Å². The molecule has 0 aliphatic carbocycles. The van der Waals surface area contributed by atoms with Crippen LogP contribution in [0.2, 0.25) is 0 Å². The van der Waals surface area contributed by atoms with Gasteiger partial charge in [0, 0.05) is 12.0 Å². The minimum atomic E-state index is -0.877. The van der Waals surface area contributed by atoms with Gasteiger partial charge in [-0.05, 0) is 60.9 Å². The zero-order valence-electron chi connectivity index (χ0n) is 21.0. The van der Waals surface area contributed by atoms with Crippen molar-refractivity contribution in [3.8, 4) is 0 Å². The van der Waals surface area contributed by atoms with Crippen LogP contribution in [0.5, 0.6) is 0 Å². The number of amides is 1. The van der Waals surface area contributed by atoms with Crippen LogP contribution in [-0.4, -0.2) is 17.0 Å². The fourth-order valence-corrected chi connectivity index (χ4v) is 4.32. The van der Waals surface area contributed by atoms with Crippen LogP contribution in [0.25, 0.3) is 12.2 Å². The van der Waals surface area contributed by atoms with E-state index in [0.29, 0.717) is 17.9 Å². The third-order valence-corrected chi connectivity index (χ3v) is 5.91. The van der Waals surface area contributed by atoms with Gasteiger partial charge in [0.15, 0.2) is 0 Å². The van der Waals surface area contributed by atoms with E-state index in [1.165, 1.54) is 0 Å². The molecule has 2 N–H and O–H groups in total. The van der Waals surface area contributed by atoms with Crippen molar-refractivity contribution in [3.63, 3.8) is 0 Å². The Labute approximate surface area is 208 Å². The Kier molecular flexibility index (Phi) is 9.02. The maximum Gasteiger partial charge on any atom is 0.303 e. The molecule has 4 nitrogen and oxygen atoms in total. The van der Waals surface area contributed by atoms with Crippen LogP contribution in [0.3, 0.4) is 0 Å². The fourth-order valence-electron chi connectivity index (χ4n) is 4.32. The van der Waals surface area contributed by atoms with Gasteiger partial charge in [-0.2, -0.15) is 0 Å². The molecule has 1 amide bonds. The summed E-state index contributed by atoms with van der Waals surface area (Å²) < 4.78 is 0. The Bertz CT molecular complexity index is 1170. The predicted molar refractivity (Wildman–Crippen MR) is 143 cm³/mol. The second-order valence-electron chi connectivity index (χ2n) is 9.63. The predicted octanol–water partition coefficient (Wildman–Crippen LogP) is 7.01. The summed E-state index contributed by atoms with van der Waals surface area (Å²) in [6.45, 7) is 8.43. The van der Waals surface area contributed by atoms with E-state index in [4.69, 9.17) is 0 Å². The maximum atomic E-state index is 13.6. The van der Waals surface area contributed by atoms with Crippen molar-refractivity contribution >= 4 is 24.0 Å². The number of hydrogen-bond donors (Lipinski definition) is 2. The van der Waals surface area contributed by atoms with Gasteiger partial charge in [-0.15, -0.1) is 0 Å². The first-order valence-corrected chi connectivity index (χ1v) is 12.2. The third kappa shape index (κ3) is 7.96. The number of aryl methyl sites for hydroxylation is 3. The molecule has 0 fully saturated rings. The monoisotopic (exact) mass is 469 g/mol. The van der Waals surface area contributed by atoms with Gasteiger partial charge in [-0.3, -0.25) is 9.59 Å². The van der Waals surface area contributed by atoms with Crippen LogP contribution in [0.15, 0.2) is 66.7 Å². The summed E-state index contributed by atoms with van der Waals surface area (Å²) in [5.74, 6) is -0.657. The van der Waals surface area contributed by atoms with E-state index in [1.807, 2.05) is 60.7 Å². The molecular formula is C31H35NO3. The molecule has 3 aromatic rings. The molecule has 0 saturated carbocycles. The van der Waals surface area contributed by atoms with Crippen LogP contribution in [0, 0.1) is 19.8 Å². The Morgan fingerprint density at radius 2 is 1.54 bits per heavy atom. The first-order valence-electron chi connectivity index (χ1n) is 12.2. The molecule has 1 atom stereocenters. The standard InChI is InChI=1S/C31H35NO3/c1-21(2)16-29(27-18-22(3)17-23(4)19-27)32-31(35)28-20-25(11-10-24-8-6-5-7-9-24)12-13-26(28)14-15-30(33)34/h5-13,17-21,29H,14-16H2,1-4H3,(H,32,35)(H,33,34)/b11-10+. The number of rotatable bonds is 10. The Morgan fingerprint density at radius 1 is 0.886 bits per heavy atom. The molecule has 0 aromatic heterocycles. The fraction of sp³-hybridized carbons (Fsp3) is 0.290. The van der Waals surface area contributed by atoms with E-state index < -0.39 is 5.97 Å². The minimum Gasteiger partial charge on any atom is -0.481 e. The summed E-state index contributed by atoms with van der Waals surface area (Å²) in [5, 5.41) is 12.5. The van der Waals surface area contributed by atoms with Crippen LogP contribution in [0.4, 0.5) is 0 Å². The largest absolute Gasteiger partial charge is 0.481 e. The summed E-state index contributed by atoms with van der Waals surface area (Å²) in [6.07, 6.45) is 5.07. The number of nitrogens with one attached hydrogen (secondary N) is 1. The number of carboxylic acids is 1. The van der Waals surface area contributed by atoms with E-state index in [0.717, 1.165) is 39.8 Å². The molecule has 4 heteroatoms. The average molecular weight is 470 g/mol. The zero-order valence-corrected chi connectivity index (χ0v) is 21.0. The number of carboxylic acid groups (broad SMARTS) is 1. The Morgan fingerprint density at radius 3 is 2.17 bits per heavy atom. The maximum absolute atomic E-state index is 13.6. The molecule has 182 valence electrons. The van der Waals surface area contributed by atoms with Crippen molar-refractivity contribution in [2.24, 2.45) is 5.92 Å². The minimum absolute atomic E-state index is 0.0218. The number of aliphatic carboxylic acids is 1. The summed E-state index contributed by atoms with van der Waals surface area (Å²) >= 11 is 0. The van der Waals surface area contributed by atoms with Gasteiger partial charge in [0.1, 0.15) is 0 Å². The highest BCUT2D eigenvalue weighted by atomic mass is 16.4. The lowest BCUT2D eigenvalue weighted by atomic mass is 9.93. The second-order valence-corrected chi connectivity index (χ2v) is 9.63. The molecule has 0 aliphatic heterocycles. The van der Waals surface area contributed by atoms with Crippen molar-refractivity contribution in [2.45, 2.75) is 53.0 Å². The van der Waals surface area contributed by atoms with Gasteiger partial charge in [0.25, 0.3) is 5.91 Å². The van der Waals surface area contributed by atoms with Gasteiger partial charge in [-0.25, -0.2) is 0 Å². The first kappa shape index (κ1) is 26.0. The van der Waals surface area contributed by atoms with E-state index in [-0.39, 0.29) is 18.4 Å². The lowest BCUT2D eigenvalue weighted by Gasteiger charge is -2.23. The van der Waals surface area contributed by atoms with Crippen molar-refractivity contribution in [1.82, 2.24) is 5.32 Å². The van der Waals surface area contributed by atoms with Crippen LogP contribution in [-0.2, 0) is 11.2 Å². The molecule has 0 aliphatic rings. The summed E-state index contributed by atoms with van der Waals surface area (Å²) in [7, 11) is 0. The van der Waals surface area contributed by atoms with Crippen LogP contribution < -0.4 is 5.32 Å². The topological polar surface area (TPSA) is 66.4 Å². The second kappa shape index (κ2) is 12.2. The quantitative estimate of drug-likeness (QED) is 0.314. The molecular weight excluding hydrogens is 434 g/mol. The Hall–Kier alpha value is -3.66. The summed E-state index contributed by atoms with van der Waals surface area (Å²) in [4.78, 5) is 24.8. The van der Waals surface area contributed by atoms with E-state index >= 15 is 0 Å². The highest BCUT2D eigenvalue weighted by Gasteiger charge is 2.20. The van der Waals surface area contributed by atoms with Gasteiger partial charge in [0.2, 0.25) is 0 Å². The normalized spacial score (nSPS) is 12.1. The molecule has 35 heavy (non-hydrogen) atoms. The zero-order chi connectivity index (χ0) is 25.4.